The van der Waals surface area contributed by atoms with Crippen LogP contribution in [0.1, 0.15) is 72.9 Å². The first-order chi connectivity index (χ1) is 36.8. The van der Waals surface area contributed by atoms with Gasteiger partial charge < -0.3 is 48.4 Å². The number of thiazole rings is 1. The molecule has 4 atom stereocenters. The molecular formula is C57H62N6O12S. The number of nitro groups is 1. The number of nitrogens with zero attached hydrogens (tertiary/aromatic N) is 5. The van der Waals surface area contributed by atoms with Gasteiger partial charge in [-0.15, -0.1) is 11.3 Å². The maximum atomic E-state index is 14.1. The first-order valence-corrected chi connectivity index (χ1v) is 26.1. The third-order valence-corrected chi connectivity index (χ3v) is 14.0. The number of hydrogen-bond acceptors (Lipinski definition) is 15. The van der Waals surface area contributed by atoms with Crippen molar-refractivity contribution in [1.29, 1.82) is 0 Å². The lowest BCUT2D eigenvalue weighted by atomic mass is 9.91. The molecule has 1 unspecified atom stereocenters. The topological polar surface area (TPSA) is 218 Å². The highest BCUT2D eigenvalue weighted by molar-refractivity contribution is 7.13. The van der Waals surface area contributed by atoms with E-state index >= 15 is 0 Å². The number of aliphatic hydroxyl groups is 1. The van der Waals surface area contributed by atoms with E-state index in [1.807, 2.05) is 106 Å². The van der Waals surface area contributed by atoms with Gasteiger partial charge in [0.25, 0.3) is 17.5 Å². The summed E-state index contributed by atoms with van der Waals surface area (Å²) in [4.78, 5) is 60.5. The van der Waals surface area contributed by atoms with E-state index in [0.29, 0.717) is 63.3 Å². The number of β-amino-alcohol motifs (C(OH)–C–C–N with tert-alkyl or cyclic N) is 1. The number of ether oxygens (including phenoxy) is 5. The Kier molecular flexibility index (Phi) is 18.9. The van der Waals surface area contributed by atoms with Crippen molar-refractivity contribution in [2.75, 3.05) is 64.3 Å². The predicted octanol–water partition coefficient (Wildman–Crippen LogP) is 8.74. The molecule has 4 heterocycles. The fourth-order valence-corrected chi connectivity index (χ4v) is 9.84. The van der Waals surface area contributed by atoms with Gasteiger partial charge in [-0.1, -0.05) is 80.6 Å². The number of aryl methyl sites for hydroxylation is 1. The van der Waals surface area contributed by atoms with Crippen molar-refractivity contribution >= 4 is 52.1 Å². The molecule has 4 aromatic carbocycles. The van der Waals surface area contributed by atoms with Crippen LogP contribution in [0.25, 0.3) is 22.1 Å². The smallest absolute Gasteiger partial charge is 0.269 e. The third kappa shape index (κ3) is 14.0. The molecule has 19 heteroatoms. The van der Waals surface area contributed by atoms with Crippen molar-refractivity contribution in [2.24, 2.45) is 5.92 Å². The Bertz CT molecular complexity index is 2970. The summed E-state index contributed by atoms with van der Waals surface area (Å²) in [5, 5.41) is 28.7. The van der Waals surface area contributed by atoms with E-state index in [2.05, 4.69) is 15.5 Å². The second-order valence-corrected chi connectivity index (χ2v) is 19.5. The summed E-state index contributed by atoms with van der Waals surface area (Å²) in [6, 6.07) is 29.8. The number of non-ortho nitro benzene ring substituents is 1. The van der Waals surface area contributed by atoms with Crippen molar-refractivity contribution in [3.63, 3.8) is 0 Å². The molecule has 76 heavy (non-hydrogen) atoms. The number of carbonyl (C=O) groups is 3. The van der Waals surface area contributed by atoms with E-state index in [1.165, 1.54) is 17.0 Å². The van der Waals surface area contributed by atoms with E-state index in [1.54, 1.807) is 52.7 Å². The van der Waals surface area contributed by atoms with Gasteiger partial charge >= 0.3 is 0 Å². The number of allylic oxidation sites excluding steroid dienone is 2. The van der Waals surface area contributed by atoms with Crippen LogP contribution in [-0.2, 0) is 35.1 Å². The number of para-hydroxylation sites is 1. The van der Waals surface area contributed by atoms with Crippen molar-refractivity contribution in [3.05, 3.63) is 165 Å². The number of hydrogen-bond donors (Lipinski definition) is 2. The fraction of sp³-hybridized carbons (Fsp3) is 0.351. The van der Waals surface area contributed by atoms with Crippen LogP contribution in [0.15, 0.2) is 125 Å². The van der Waals surface area contributed by atoms with Gasteiger partial charge in [0.1, 0.15) is 30.9 Å². The number of nitrogens with one attached hydrogen (secondary N) is 1. The van der Waals surface area contributed by atoms with Gasteiger partial charge in [0.2, 0.25) is 11.8 Å². The second kappa shape index (κ2) is 26.3. The molecule has 1 fully saturated rings. The lowest BCUT2D eigenvalue weighted by molar-refractivity contribution is -0.384. The van der Waals surface area contributed by atoms with Gasteiger partial charge in [-0.05, 0) is 83.6 Å². The molecule has 3 amide bonds. The van der Waals surface area contributed by atoms with Crippen LogP contribution < -0.4 is 19.7 Å². The van der Waals surface area contributed by atoms with Crippen molar-refractivity contribution in [3.8, 4) is 22.1 Å². The molecule has 18 nitrogen and oxygen atoms in total. The van der Waals surface area contributed by atoms with Gasteiger partial charge in [0.05, 0.1) is 85.0 Å². The molecular weight excluding hydrogens is 993 g/mol. The van der Waals surface area contributed by atoms with Crippen LogP contribution >= 0.6 is 11.3 Å². The molecule has 0 bridgehead atoms. The number of aromatic nitrogens is 2. The lowest BCUT2D eigenvalue weighted by Crippen LogP contribution is -2.48. The molecule has 0 aliphatic carbocycles. The third-order valence-electron chi connectivity index (χ3n) is 13.0. The second-order valence-electron chi connectivity index (χ2n) is 18.7. The number of benzene rings is 4. The van der Waals surface area contributed by atoms with Crippen LogP contribution in [-0.4, -0.2) is 114 Å². The first-order valence-electron chi connectivity index (χ1n) is 25.2. The summed E-state index contributed by atoms with van der Waals surface area (Å²) in [6.45, 7) is 10.6. The summed E-state index contributed by atoms with van der Waals surface area (Å²) in [6.07, 6.45) is 4.63. The summed E-state index contributed by atoms with van der Waals surface area (Å²) in [5.41, 5.74) is 8.71. The average Bonchev–Trinajstić information content (AvgIpc) is 4.26. The zero-order valence-corrected chi connectivity index (χ0v) is 43.7. The van der Waals surface area contributed by atoms with Gasteiger partial charge in [0, 0.05) is 42.3 Å². The van der Waals surface area contributed by atoms with E-state index in [-0.39, 0.29) is 67.4 Å². The normalized spacial score (nSPS) is 16.7. The van der Waals surface area contributed by atoms with Crippen molar-refractivity contribution in [2.45, 2.75) is 64.8 Å². The highest BCUT2D eigenvalue weighted by Crippen LogP contribution is 2.38. The van der Waals surface area contributed by atoms with E-state index in [9.17, 15) is 29.6 Å². The van der Waals surface area contributed by atoms with Crippen LogP contribution in [0.3, 0.4) is 0 Å². The Balaban J connectivity index is 0.682. The lowest BCUT2D eigenvalue weighted by Gasteiger charge is -2.29. The minimum atomic E-state index is -0.854. The number of rotatable bonds is 26. The molecule has 2 aromatic heterocycles. The number of aliphatic hydroxyl groups excluding tert-OH is 1. The molecule has 2 aliphatic rings. The van der Waals surface area contributed by atoms with Crippen LogP contribution in [0.5, 0.6) is 11.6 Å². The maximum Gasteiger partial charge on any atom is 0.269 e. The van der Waals surface area contributed by atoms with Gasteiger partial charge in [-0.25, -0.2) is 4.98 Å². The molecule has 0 spiro atoms. The summed E-state index contributed by atoms with van der Waals surface area (Å²) >= 11 is 1.58. The standard InChI is InChI=1S/C57H62N6O12S/c1-37(2)53(57(67)62-35-45(64)32-50(62)55(65)59-38(3)42-16-18-43(19-17-42)54-39(4)58-36-76-54)51-33-52(60-75-51)74-31-29-72-27-25-70-24-26-71-28-30-73-46-22-14-41(15-23-46)34-61-49-11-6-5-9-47(49)48(56(61)66)10-7-8-40-12-20-44(21-13-40)63(68)69/h5-23,33,36-38,45,50,53,64H,24-32,34-35H2,1-4H3,(H,59,65)/b8-7+,48-10-/t38-,45+,50-,53?/m0/s1. The van der Waals surface area contributed by atoms with E-state index in [0.717, 1.165) is 44.1 Å². The highest BCUT2D eigenvalue weighted by atomic mass is 32.1. The monoisotopic (exact) mass is 1050 g/mol. The number of nitro benzene ring substituents is 1. The van der Waals surface area contributed by atoms with E-state index in [4.69, 9.17) is 28.2 Å². The minimum Gasteiger partial charge on any atom is -0.491 e. The summed E-state index contributed by atoms with van der Waals surface area (Å²) < 4.78 is 34.2. The zero-order chi connectivity index (χ0) is 53.6. The molecule has 0 radical (unpaired) electrons. The van der Waals surface area contributed by atoms with Gasteiger partial charge in [0.15, 0.2) is 5.76 Å². The average molecular weight is 1060 g/mol. The molecule has 6 aromatic rings. The number of amides is 3. The molecule has 398 valence electrons. The SMILES string of the molecule is Cc1ncsc1-c1ccc([C@H](C)NC(=O)[C@@H]2C[C@@H](O)CN2C(=O)C(c2cc(OCCOCCOCCOCCOc3ccc(CN4C(=O)/C(=C\C=C\c5ccc([N+](=O)[O-])cc5)c5ccccc54)cc3)no2)C(C)C)cc1. The Morgan fingerprint density at radius 1 is 0.895 bits per heavy atom. The Morgan fingerprint density at radius 2 is 1.57 bits per heavy atom. The maximum absolute atomic E-state index is 14.1. The first kappa shape index (κ1) is 54.7. The quantitative estimate of drug-likeness (QED) is 0.0225. The predicted molar refractivity (Wildman–Crippen MR) is 287 cm³/mol. The number of carbonyl (C=O) groups excluding carboxylic acids is 3. The van der Waals surface area contributed by atoms with Gasteiger partial charge in [-0.3, -0.25) is 24.5 Å². The summed E-state index contributed by atoms with van der Waals surface area (Å²) in [7, 11) is 0. The summed E-state index contributed by atoms with van der Waals surface area (Å²) in [5.74, 6) is -0.580. The van der Waals surface area contributed by atoms with E-state index < -0.39 is 23.0 Å². The van der Waals surface area contributed by atoms with Gasteiger partial charge in [-0.2, -0.15) is 0 Å². The zero-order valence-electron chi connectivity index (χ0n) is 42.9. The number of likely N-dealkylation sites (tertiary alicyclic amines) is 1. The molecule has 1 saturated heterocycles. The highest BCUT2D eigenvalue weighted by Gasteiger charge is 2.43. The van der Waals surface area contributed by atoms with Crippen molar-refractivity contribution in [1.82, 2.24) is 20.4 Å². The number of anilines is 1. The van der Waals surface area contributed by atoms with Crippen LogP contribution in [0, 0.1) is 23.0 Å². The van der Waals surface area contributed by atoms with Crippen LogP contribution in [0.4, 0.5) is 11.4 Å². The largest absolute Gasteiger partial charge is 0.491 e. The molecule has 8 rings (SSSR count). The molecule has 0 saturated carbocycles. The van der Waals surface area contributed by atoms with Crippen LogP contribution in [0.2, 0.25) is 0 Å². The Labute approximate surface area is 445 Å². The molecule has 2 N–H and O–H groups in total. The Morgan fingerprint density at radius 3 is 2.22 bits per heavy atom. The Hall–Kier alpha value is -7.55. The number of fused-ring (bicyclic) bond motifs is 1. The molecule has 2 aliphatic heterocycles. The fourth-order valence-electron chi connectivity index (χ4n) is 9.03. The van der Waals surface area contributed by atoms with Crippen molar-refractivity contribution < 1.29 is 52.6 Å². The minimum absolute atomic E-state index is 0.0185.